The zero-order chi connectivity index (χ0) is 23.4. The summed E-state index contributed by atoms with van der Waals surface area (Å²) in [5.74, 6) is -0.421. The molecule has 1 N–H and O–H groups in total. The maximum Gasteiger partial charge on any atom is 0.270 e. The van der Waals surface area contributed by atoms with Crippen molar-refractivity contribution in [2.45, 2.75) is 6.54 Å². The molecule has 1 saturated heterocycles. The molecule has 4 rings (SSSR count). The molecule has 7 nitrogen and oxygen atoms in total. The summed E-state index contributed by atoms with van der Waals surface area (Å²) < 4.78 is 0. The van der Waals surface area contributed by atoms with Crippen LogP contribution in [0.4, 0.5) is 17.1 Å². The first-order valence-corrected chi connectivity index (χ1v) is 11.2. The van der Waals surface area contributed by atoms with Crippen molar-refractivity contribution in [1.82, 2.24) is 4.90 Å². The van der Waals surface area contributed by atoms with Crippen LogP contribution in [0.3, 0.4) is 0 Å². The number of rotatable bonds is 6. The second-order valence-electron chi connectivity index (χ2n) is 7.78. The summed E-state index contributed by atoms with van der Waals surface area (Å²) in [6.45, 7) is 4.50. The zero-order valence-electron chi connectivity index (χ0n) is 17.7. The molecule has 1 aliphatic heterocycles. The summed E-state index contributed by atoms with van der Waals surface area (Å²) in [4.78, 5) is 27.5. The molecule has 0 unspecified atom stereocenters. The summed E-state index contributed by atoms with van der Waals surface area (Å²) in [6, 6.07) is 19.3. The van der Waals surface area contributed by atoms with Crippen molar-refractivity contribution >= 4 is 46.2 Å². The summed E-state index contributed by atoms with van der Waals surface area (Å²) >= 11 is 12.3. The van der Waals surface area contributed by atoms with Crippen LogP contribution in [-0.4, -0.2) is 41.9 Å². The zero-order valence-corrected chi connectivity index (χ0v) is 19.2. The molecule has 0 atom stereocenters. The fraction of sp³-hybridized carbons (Fsp3) is 0.208. The van der Waals surface area contributed by atoms with Gasteiger partial charge in [-0.1, -0.05) is 41.4 Å². The highest BCUT2D eigenvalue weighted by molar-refractivity contribution is 6.34. The van der Waals surface area contributed by atoms with Gasteiger partial charge < -0.3 is 10.2 Å². The predicted octanol–water partition coefficient (Wildman–Crippen LogP) is 5.48. The van der Waals surface area contributed by atoms with E-state index < -0.39 is 10.8 Å². The molecule has 0 bridgehead atoms. The Morgan fingerprint density at radius 3 is 2.27 bits per heavy atom. The molecule has 1 aliphatic rings. The Morgan fingerprint density at radius 1 is 0.939 bits per heavy atom. The normalized spacial score (nSPS) is 14.2. The molecule has 3 aromatic carbocycles. The third-order valence-corrected chi connectivity index (χ3v) is 6.30. The molecule has 0 saturated carbocycles. The Labute approximate surface area is 201 Å². The highest BCUT2D eigenvalue weighted by atomic mass is 35.5. The smallest absolute Gasteiger partial charge is 0.270 e. The summed E-state index contributed by atoms with van der Waals surface area (Å²) in [7, 11) is 0. The Balaban J connectivity index is 1.33. The molecule has 1 amide bonds. The first kappa shape index (κ1) is 23.0. The molecule has 0 aliphatic carbocycles. The first-order chi connectivity index (χ1) is 15.9. The lowest BCUT2D eigenvalue weighted by molar-refractivity contribution is -0.384. The lowest BCUT2D eigenvalue weighted by Crippen LogP contribution is -2.46. The number of hydrogen-bond acceptors (Lipinski definition) is 5. The van der Waals surface area contributed by atoms with E-state index in [1.165, 1.54) is 18.2 Å². The Morgan fingerprint density at radius 2 is 1.64 bits per heavy atom. The van der Waals surface area contributed by atoms with Gasteiger partial charge in [0.05, 0.1) is 15.5 Å². The highest BCUT2D eigenvalue weighted by Crippen LogP contribution is 2.25. The Kier molecular flexibility index (Phi) is 7.13. The average molecular weight is 485 g/mol. The minimum Gasteiger partial charge on any atom is -0.369 e. The maximum absolute atomic E-state index is 12.5. The van der Waals surface area contributed by atoms with Gasteiger partial charge in [-0.2, -0.15) is 0 Å². The molecule has 0 spiro atoms. The van der Waals surface area contributed by atoms with Crippen LogP contribution in [0.2, 0.25) is 10.0 Å². The van der Waals surface area contributed by atoms with Gasteiger partial charge >= 0.3 is 0 Å². The van der Waals surface area contributed by atoms with Gasteiger partial charge in [0.25, 0.3) is 11.6 Å². The van der Waals surface area contributed by atoms with Gasteiger partial charge in [0.15, 0.2) is 0 Å². The van der Waals surface area contributed by atoms with Crippen molar-refractivity contribution in [3.8, 4) is 0 Å². The maximum atomic E-state index is 12.5. The summed E-state index contributed by atoms with van der Waals surface area (Å²) in [5.41, 5.74) is 2.86. The van der Waals surface area contributed by atoms with E-state index in [9.17, 15) is 14.9 Å². The minimum atomic E-state index is -0.553. The number of amides is 1. The first-order valence-electron chi connectivity index (χ1n) is 10.5. The Bertz CT molecular complexity index is 1160. The number of nitrogens with one attached hydrogen (secondary N) is 1. The van der Waals surface area contributed by atoms with Crippen molar-refractivity contribution < 1.29 is 9.72 Å². The molecule has 9 heteroatoms. The van der Waals surface area contributed by atoms with Crippen molar-refractivity contribution in [2.24, 2.45) is 0 Å². The standard InChI is InChI=1S/C24H22Cl2N4O3/c25-22-4-2-1-3-17(22)16-28-11-13-29(14-12-28)19-7-5-18(6-8-19)27-24(31)21-10-9-20(30(32)33)15-23(21)26/h1-10,15H,11-14,16H2,(H,27,31). The third-order valence-electron chi connectivity index (χ3n) is 5.62. The van der Waals surface area contributed by atoms with Crippen LogP contribution in [0.1, 0.15) is 15.9 Å². The van der Waals surface area contributed by atoms with E-state index in [0.29, 0.717) is 5.69 Å². The monoisotopic (exact) mass is 484 g/mol. The number of benzene rings is 3. The van der Waals surface area contributed by atoms with E-state index in [1.807, 2.05) is 42.5 Å². The third kappa shape index (κ3) is 5.63. The summed E-state index contributed by atoms with van der Waals surface area (Å²) in [6.07, 6.45) is 0. The molecule has 1 heterocycles. The number of halogens is 2. The topological polar surface area (TPSA) is 78.7 Å². The van der Waals surface area contributed by atoms with Crippen LogP contribution in [-0.2, 0) is 6.54 Å². The van der Waals surface area contributed by atoms with E-state index in [-0.39, 0.29) is 16.3 Å². The van der Waals surface area contributed by atoms with Gasteiger partial charge in [-0.15, -0.1) is 0 Å². The van der Waals surface area contributed by atoms with Crippen LogP contribution in [0, 0.1) is 10.1 Å². The summed E-state index contributed by atoms with van der Waals surface area (Å²) in [5, 5.41) is 14.5. The number of nitrogens with zero attached hydrogens (tertiary/aromatic N) is 3. The quantitative estimate of drug-likeness (QED) is 0.370. The molecular formula is C24H22Cl2N4O3. The number of nitro benzene ring substituents is 1. The van der Waals surface area contributed by atoms with Crippen LogP contribution in [0.5, 0.6) is 0 Å². The van der Waals surface area contributed by atoms with E-state index in [1.54, 1.807) is 0 Å². The fourth-order valence-electron chi connectivity index (χ4n) is 3.79. The van der Waals surface area contributed by atoms with Gasteiger partial charge in [0.2, 0.25) is 0 Å². The number of hydrogen-bond donors (Lipinski definition) is 1. The number of nitro groups is 1. The van der Waals surface area contributed by atoms with Gasteiger partial charge in [0, 0.05) is 61.3 Å². The lowest BCUT2D eigenvalue weighted by Gasteiger charge is -2.36. The van der Waals surface area contributed by atoms with Crippen molar-refractivity contribution in [3.63, 3.8) is 0 Å². The van der Waals surface area contributed by atoms with Gasteiger partial charge in [-0.3, -0.25) is 19.8 Å². The largest absolute Gasteiger partial charge is 0.369 e. The molecule has 1 fully saturated rings. The van der Waals surface area contributed by atoms with Crippen LogP contribution < -0.4 is 10.2 Å². The van der Waals surface area contributed by atoms with E-state index in [2.05, 4.69) is 21.2 Å². The molecule has 170 valence electrons. The van der Waals surface area contributed by atoms with Crippen molar-refractivity contribution in [2.75, 3.05) is 36.4 Å². The van der Waals surface area contributed by atoms with Gasteiger partial charge in [0.1, 0.15) is 0 Å². The predicted molar refractivity (Wildman–Crippen MR) is 131 cm³/mol. The highest BCUT2D eigenvalue weighted by Gasteiger charge is 2.19. The van der Waals surface area contributed by atoms with Crippen LogP contribution in [0.15, 0.2) is 66.7 Å². The number of piperazine rings is 1. The minimum absolute atomic E-state index is 0.0352. The molecule has 0 radical (unpaired) electrons. The SMILES string of the molecule is O=C(Nc1ccc(N2CCN(Cc3ccccc3Cl)CC2)cc1)c1ccc([N+](=O)[O-])cc1Cl. The molecular weight excluding hydrogens is 463 g/mol. The number of carbonyl (C=O) groups excluding carboxylic acids is 1. The van der Waals surface area contributed by atoms with Crippen molar-refractivity contribution in [1.29, 1.82) is 0 Å². The van der Waals surface area contributed by atoms with E-state index in [4.69, 9.17) is 23.2 Å². The average Bonchev–Trinajstić information content (AvgIpc) is 2.81. The number of carbonyl (C=O) groups is 1. The second-order valence-corrected chi connectivity index (χ2v) is 8.59. The molecule has 3 aromatic rings. The van der Waals surface area contributed by atoms with E-state index >= 15 is 0 Å². The molecule has 33 heavy (non-hydrogen) atoms. The lowest BCUT2D eigenvalue weighted by atomic mass is 10.1. The van der Waals surface area contributed by atoms with Gasteiger partial charge in [-0.05, 0) is 42.0 Å². The number of non-ortho nitro benzene ring substituents is 1. The van der Waals surface area contributed by atoms with E-state index in [0.717, 1.165) is 49.0 Å². The van der Waals surface area contributed by atoms with Crippen LogP contribution in [0.25, 0.3) is 0 Å². The van der Waals surface area contributed by atoms with Gasteiger partial charge in [-0.25, -0.2) is 0 Å². The van der Waals surface area contributed by atoms with Crippen LogP contribution >= 0.6 is 23.2 Å². The fourth-order valence-corrected chi connectivity index (χ4v) is 4.24. The van der Waals surface area contributed by atoms with Crippen molar-refractivity contribution in [3.05, 3.63) is 98.0 Å². The Hall–Kier alpha value is -3.13. The second kappa shape index (κ2) is 10.2. The molecule has 0 aromatic heterocycles. The number of anilines is 2.